The summed E-state index contributed by atoms with van der Waals surface area (Å²) in [5.74, 6) is 1.02. The van der Waals surface area contributed by atoms with Crippen molar-refractivity contribution in [2.75, 3.05) is 26.8 Å². The molecule has 0 unspecified atom stereocenters. The summed E-state index contributed by atoms with van der Waals surface area (Å²) >= 11 is 0. The van der Waals surface area contributed by atoms with Gasteiger partial charge in [0.25, 0.3) is 0 Å². The second-order valence-electron chi connectivity index (χ2n) is 7.84. The highest BCUT2D eigenvalue weighted by Gasteiger charge is 2.36. The number of aryl methyl sites for hydroxylation is 2. The van der Waals surface area contributed by atoms with Crippen LogP contribution in [0.1, 0.15) is 22.9 Å². The molecule has 0 spiro atoms. The molecule has 2 aromatic heterocycles. The van der Waals surface area contributed by atoms with E-state index in [9.17, 15) is 4.79 Å². The fourth-order valence-electron chi connectivity index (χ4n) is 4.18. The molecule has 1 amide bonds. The number of methoxy groups -OCH3 is 1. The maximum Gasteiger partial charge on any atom is 0.246 e. The average Bonchev–Trinajstić information content (AvgIpc) is 3.27. The average molecular weight is 393 g/mol. The first-order valence-corrected chi connectivity index (χ1v) is 9.86. The molecule has 7 heteroatoms. The Bertz CT molecular complexity index is 1020. The molecule has 0 bridgehead atoms. The number of rotatable bonds is 6. The number of pyridine rings is 1. The summed E-state index contributed by atoms with van der Waals surface area (Å²) in [4.78, 5) is 23.7. The summed E-state index contributed by atoms with van der Waals surface area (Å²) in [5.41, 5.74) is 3.41. The van der Waals surface area contributed by atoms with E-state index in [0.29, 0.717) is 0 Å². The van der Waals surface area contributed by atoms with Crippen LogP contribution < -0.4 is 5.32 Å². The molecule has 152 valence electrons. The van der Waals surface area contributed by atoms with E-state index in [2.05, 4.69) is 51.4 Å². The molecule has 1 aliphatic heterocycles. The van der Waals surface area contributed by atoms with Gasteiger partial charge in [-0.2, -0.15) is 0 Å². The third-order valence-corrected chi connectivity index (χ3v) is 5.51. The predicted molar refractivity (Wildman–Crippen MR) is 112 cm³/mol. The van der Waals surface area contributed by atoms with Crippen LogP contribution in [0.3, 0.4) is 0 Å². The fourth-order valence-corrected chi connectivity index (χ4v) is 4.18. The molecular weight excluding hydrogens is 366 g/mol. The van der Waals surface area contributed by atoms with E-state index >= 15 is 0 Å². The highest BCUT2D eigenvalue weighted by atomic mass is 16.5. The Labute approximate surface area is 170 Å². The maximum absolute atomic E-state index is 12.2. The first-order valence-electron chi connectivity index (χ1n) is 9.86. The van der Waals surface area contributed by atoms with Crippen LogP contribution in [0.25, 0.3) is 10.9 Å². The van der Waals surface area contributed by atoms with Crippen LogP contribution >= 0.6 is 0 Å². The van der Waals surface area contributed by atoms with Crippen LogP contribution in [0.2, 0.25) is 0 Å². The molecule has 0 saturated carbocycles. The molecule has 1 saturated heterocycles. The molecule has 3 aromatic rings. The summed E-state index contributed by atoms with van der Waals surface area (Å²) in [6.45, 7) is 4.54. The van der Waals surface area contributed by atoms with E-state index in [1.165, 1.54) is 18.2 Å². The molecule has 4 rings (SSSR count). The van der Waals surface area contributed by atoms with Crippen molar-refractivity contribution >= 4 is 16.8 Å². The first-order chi connectivity index (χ1) is 14.0. The van der Waals surface area contributed by atoms with E-state index in [1.807, 2.05) is 30.2 Å². The number of aromatic nitrogens is 3. The Morgan fingerprint density at radius 2 is 2.14 bits per heavy atom. The van der Waals surface area contributed by atoms with Crippen LogP contribution in [0.4, 0.5) is 0 Å². The van der Waals surface area contributed by atoms with E-state index in [4.69, 9.17) is 4.74 Å². The SMILES string of the molecule is COCC(=O)N[C@@H]1CN(Cc2cnc3ccc(C)cc3c2)C[C@H]1c1nccn1C. The van der Waals surface area contributed by atoms with Gasteiger partial charge in [-0.25, -0.2) is 4.98 Å². The molecular formula is C22H27N5O2. The lowest BCUT2D eigenvalue weighted by Gasteiger charge is -2.19. The summed E-state index contributed by atoms with van der Waals surface area (Å²) in [6, 6.07) is 8.51. The Morgan fingerprint density at radius 3 is 2.90 bits per heavy atom. The lowest BCUT2D eigenvalue weighted by Crippen LogP contribution is -2.41. The van der Waals surface area contributed by atoms with Gasteiger partial charge in [0.1, 0.15) is 12.4 Å². The molecule has 0 radical (unpaired) electrons. The molecule has 0 aliphatic carbocycles. The smallest absolute Gasteiger partial charge is 0.246 e. The molecule has 1 fully saturated rings. The monoisotopic (exact) mass is 393 g/mol. The van der Waals surface area contributed by atoms with Gasteiger partial charge in [0, 0.05) is 57.8 Å². The number of nitrogens with one attached hydrogen (secondary N) is 1. The van der Waals surface area contributed by atoms with Crippen LogP contribution in [0.5, 0.6) is 0 Å². The number of carbonyl (C=O) groups excluding carboxylic acids is 1. The molecule has 1 N–H and O–H groups in total. The van der Waals surface area contributed by atoms with Crippen LogP contribution in [0.15, 0.2) is 42.9 Å². The van der Waals surface area contributed by atoms with Crippen molar-refractivity contribution < 1.29 is 9.53 Å². The number of benzene rings is 1. The van der Waals surface area contributed by atoms with Crippen LogP contribution in [-0.4, -0.2) is 58.2 Å². The number of imidazole rings is 1. The van der Waals surface area contributed by atoms with E-state index < -0.39 is 0 Å². The highest BCUT2D eigenvalue weighted by molar-refractivity contribution is 5.79. The predicted octanol–water partition coefficient (Wildman–Crippen LogP) is 2.01. The number of hydrogen-bond acceptors (Lipinski definition) is 5. The third kappa shape index (κ3) is 4.31. The van der Waals surface area contributed by atoms with Crippen molar-refractivity contribution in [2.24, 2.45) is 7.05 Å². The quantitative estimate of drug-likeness (QED) is 0.694. The Morgan fingerprint density at radius 1 is 1.28 bits per heavy atom. The van der Waals surface area contributed by atoms with Gasteiger partial charge < -0.3 is 14.6 Å². The lowest BCUT2D eigenvalue weighted by molar-refractivity contribution is -0.125. The summed E-state index contributed by atoms with van der Waals surface area (Å²) < 4.78 is 7.01. The number of hydrogen-bond donors (Lipinski definition) is 1. The number of likely N-dealkylation sites (tertiary alicyclic amines) is 1. The lowest BCUT2D eigenvalue weighted by atomic mass is 10.0. The van der Waals surface area contributed by atoms with Gasteiger partial charge in [-0.05, 0) is 30.7 Å². The fraction of sp³-hybridized carbons (Fsp3) is 0.409. The van der Waals surface area contributed by atoms with Gasteiger partial charge in [0.15, 0.2) is 0 Å². The van der Waals surface area contributed by atoms with E-state index in [1.54, 1.807) is 0 Å². The van der Waals surface area contributed by atoms with Crippen LogP contribution in [0, 0.1) is 6.92 Å². The van der Waals surface area contributed by atoms with Gasteiger partial charge in [-0.3, -0.25) is 14.7 Å². The number of carbonyl (C=O) groups is 1. The Kier molecular flexibility index (Phi) is 5.60. The number of amides is 1. The van der Waals surface area contributed by atoms with Crippen molar-refractivity contribution in [3.8, 4) is 0 Å². The maximum atomic E-state index is 12.2. The van der Waals surface area contributed by atoms with Crippen molar-refractivity contribution in [1.29, 1.82) is 0 Å². The molecule has 29 heavy (non-hydrogen) atoms. The van der Waals surface area contributed by atoms with Crippen molar-refractivity contribution in [3.63, 3.8) is 0 Å². The van der Waals surface area contributed by atoms with Crippen molar-refractivity contribution in [3.05, 3.63) is 59.8 Å². The molecule has 3 heterocycles. The molecule has 1 aromatic carbocycles. The highest BCUT2D eigenvalue weighted by Crippen LogP contribution is 2.28. The van der Waals surface area contributed by atoms with Gasteiger partial charge >= 0.3 is 0 Å². The van der Waals surface area contributed by atoms with E-state index in [0.717, 1.165) is 36.4 Å². The summed E-state index contributed by atoms with van der Waals surface area (Å²) in [5, 5.41) is 4.28. The van der Waals surface area contributed by atoms with Gasteiger partial charge in [0.05, 0.1) is 17.5 Å². The van der Waals surface area contributed by atoms with Gasteiger partial charge in [-0.1, -0.05) is 11.6 Å². The molecule has 2 atom stereocenters. The summed E-state index contributed by atoms with van der Waals surface area (Å²) in [6.07, 6.45) is 5.70. The normalized spacial score (nSPS) is 19.7. The minimum absolute atomic E-state index is 0.00518. The standard InChI is InChI=1S/C22H27N5O2/c1-15-4-5-19-17(8-15)9-16(10-24-19)11-27-12-18(22-23-6-7-26(22)2)20(13-27)25-21(28)14-29-3/h4-10,18,20H,11-14H2,1-3H3,(H,25,28)/t18-,20-/m1/s1. The third-order valence-electron chi connectivity index (χ3n) is 5.51. The minimum Gasteiger partial charge on any atom is -0.375 e. The van der Waals surface area contributed by atoms with Gasteiger partial charge in [-0.15, -0.1) is 0 Å². The Hall–Kier alpha value is -2.77. The van der Waals surface area contributed by atoms with Crippen molar-refractivity contribution in [1.82, 2.24) is 24.8 Å². The second-order valence-corrected chi connectivity index (χ2v) is 7.84. The first kappa shape index (κ1) is 19.5. The van der Waals surface area contributed by atoms with Crippen molar-refractivity contribution in [2.45, 2.75) is 25.4 Å². The Balaban J connectivity index is 1.53. The zero-order valence-electron chi connectivity index (χ0n) is 17.1. The molecule has 1 aliphatic rings. The zero-order chi connectivity index (χ0) is 20.4. The number of ether oxygens (including phenoxy) is 1. The molecule has 7 nitrogen and oxygen atoms in total. The zero-order valence-corrected chi connectivity index (χ0v) is 17.1. The van der Waals surface area contributed by atoms with E-state index in [-0.39, 0.29) is 24.5 Å². The topological polar surface area (TPSA) is 72.3 Å². The second kappa shape index (κ2) is 8.31. The summed E-state index contributed by atoms with van der Waals surface area (Å²) in [7, 11) is 3.53. The minimum atomic E-state index is -0.0959. The number of nitrogens with zero attached hydrogens (tertiary/aromatic N) is 4. The number of fused-ring (bicyclic) bond motifs is 1. The van der Waals surface area contributed by atoms with Crippen LogP contribution in [-0.2, 0) is 23.1 Å². The largest absolute Gasteiger partial charge is 0.375 e. The van der Waals surface area contributed by atoms with Gasteiger partial charge in [0.2, 0.25) is 5.91 Å².